The molecule has 2 aliphatic carbocycles. The molecule has 0 radical (unpaired) electrons. The molecule has 3 rings (SSSR count). The molecule has 3 unspecified atom stereocenters. The Morgan fingerprint density at radius 1 is 1.52 bits per heavy atom. The molecule has 5 N–H and O–H groups in total. The summed E-state index contributed by atoms with van der Waals surface area (Å²) in [5.41, 5.74) is 11.6. The summed E-state index contributed by atoms with van der Waals surface area (Å²) < 4.78 is 13.6. The van der Waals surface area contributed by atoms with Crippen LogP contribution in [0, 0.1) is 29.5 Å². The van der Waals surface area contributed by atoms with E-state index in [9.17, 15) is 9.18 Å². The van der Waals surface area contributed by atoms with Crippen molar-refractivity contribution in [3.8, 4) is 0 Å². The van der Waals surface area contributed by atoms with Crippen LogP contribution >= 0.6 is 11.6 Å². The summed E-state index contributed by atoms with van der Waals surface area (Å²) in [5.74, 6) is -0.569. The smallest absolute Gasteiger partial charge is 0.224 e. The quantitative estimate of drug-likeness (QED) is 0.712. The molecule has 1 heterocycles. The van der Waals surface area contributed by atoms with Gasteiger partial charge in [-0.2, -0.15) is 4.98 Å². The number of nitrogens with two attached hydrogens (primary N) is 2. The molecule has 6 nitrogen and oxygen atoms in total. The molecule has 1 aromatic rings. The fourth-order valence-corrected chi connectivity index (χ4v) is 4.09. The zero-order valence-electron chi connectivity index (χ0n) is 11.3. The first-order valence-corrected chi connectivity index (χ1v) is 7.32. The summed E-state index contributed by atoms with van der Waals surface area (Å²) >= 11 is 5.65. The molecule has 2 saturated carbocycles. The van der Waals surface area contributed by atoms with Crippen molar-refractivity contribution in [1.29, 1.82) is 0 Å². The Kier molecular flexibility index (Phi) is 3.71. The van der Waals surface area contributed by atoms with Crippen LogP contribution in [-0.4, -0.2) is 28.5 Å². The largest absolute Gasteiger partial charge is 0.369 e. The molecule has 21 heavy (non-hydrogen) atoms. The van der Waals surface area contributed by atoms with Crippen LogP contribution < -0.4 is 16.8 Å². The van der Waals surface area contributed by atoms with E-state index in [4.69, 9.17) is 23.1 Å². The second-order valence-corrected chi connectivity index (χ2v) is 6.21. The molecular weight excluding hydrogens is 297 g/mol. The predicted octanol–water partition coefficient (Wildman–Crippen LogP) is 0.766. The van der Waals surface area contributed by atoms with E-state index < -0.39 is 5.82 Å². The highest BCUT2D eigenvalue weighted by Crippen LogP contribution is 2.51. The van der Waals surface area contributed by atoms with E-state index in [1.165, 1.54) is 0 Å². The minimum atomic E-state index is -0.581. The second kappa shape index (κ2) is 5.38. The van der Waals surface area contributed by atoms with Gasteiger partial charge >= 0.3 is 0 Å². The van der Waals surface area contributed by atoms with Crippen molar-refractivity contribution < 1.29 is 9.18 Å². The van der Waals surface area contributed by atoms with Crippen LogP contribution in [0.4, 0.5) is 10.2 Å². The maximum absolute atomic E-state index is 13.6. The van der Waals surface area contributed by atoms with Crippen LogP contribution in [0.5, 0.6) is 0 Å². The number of halogens is 2. The van der Waals surface area contributed by atoms with Crippen LogP contribution in [0.3, 0.4) is 0 Å². The molecule has 2 fully saturated rings. The van der Waals surface area contributed by atoms with Gasteiger partial charge in [-0.05, 0) is 42.2 Å². The maximum Gasteiger partial charge on any atom is 0.224 e. The molecule has 0 saturated heterocycles. The van der Waals surface area contributed by atoms with Crippen molar-refractivity contribution in [2.24, 2.45) is 35.1 Å². The molecule has 0 aromatic carbocycles. The molecule has 1 aromatic heterocycles. The van der Waals surface area contributed by atoms with Crippen LogP contribution in [0.15, 0.2) is 6.20 Å². The third-order valence-corrected chi connectivity index (χ3v) is 4.95. The first kappa shape index (κ1) is 14.5. The monoisotopic (exact) mass is 313 g/mol. The number of primary amides is 1. The Bertz CT molecular complexity index is 571. The highest BCUT2D eigenvalue weighted by molar-refractivity contribution is 6.28. The maximum atomic E-state index is 13.6. The van der Waals surface area contributed by atoms with Gasteiger partial charge in [0, 0.05) is 18.5 Å². The van der Waals surface area contributed by atoms with Gasteiger partial charge in [0.05, 0.1) is 6.20 Å². The van der Waals surface area contributed by atoms with E-state index in [0.717, 1.165) is 19.0 Å². The minimum absolute atomic E-state index is 0.00407. The summed E-state index contributed by atoms with van der Waals surface area (Å²) in [4.78, 5) is 19.0. The van der Waals surface area contributed by atoms with E-state index in [1.807, 2.05) is 0 Å². The number of nitrogens with one attached hydrogen (secondary N) is 1. The van der Waals surface area contributed by atoms with Crippen molar-refractivity contribution >= 4 is 23.3 Å². The summed E-state index contributed by atoms with van der Waals surface area (Å²) in [6.07, 6.45) is 2.76. The van der Waals surface area contributed by atoms with Gasteiger partial charge in [-0.1, -0.05) is 0 Å². The first-order chi connectivity index (χ1) is 9.97. The third kappa shape index (κ3) is 2.55. The lowest BCUT2D eigenvalue weighted by atomic mass is 9.76. The van der Waals surface area contributed by atoms with Crippen molar-refractivity contribution in [1.82, 2.24) is 9.97 Å². The van der Waals surface area contributed by atoms with Crippen molar-refractivity contribution in [3.63, 3.8) is 0 Å². The van der Waals surface area contributed by atoms with Gasteiger partial charge in [-0.3, -0.25) is 4.79 Å². The summed E-state index contributed by atoms with van der Waals surface area (Å²) in [6.45, 7) is 0.396. The molecule has 5 atom stereocenters. The number of rotatable bonds is 4. The summed E-state index contributed by atoms with van der Waals surface area (Å²) in [7, 11) is 0. The second-order valence-electron chi connectivity index (χ2n) is 5.87. The van der Waals surface area contributed by atoms with Gasteiger partial charge in [0.15, 0.2) is 11.6 Å². The fourth-order valence-electron chi connectivity index (χ4n) is 3.95. The number of nitrogens with zero attached hydrogens (tertiary/aromatic N) is 2. The highest BCUT2D eigenvalue weighted by Gasteiger charge is 2.53. The van der Waals surface area contributed by atoms with Crippen LogP contribution in [-0.2, 0) is 4.79 Å². The number of carbonyl (C=O) groups is 1. The number of fused-ring (bicyclic) bond motifs is 2. The van der Waals surface area contributed by atoms with Crippen LogP contribution in [0.1, 0.15) is 12.8 Å². The number of hydrogen-bond acceptors (Lipinski definition) is 5. The number of aromatic nitrogens is 2. The first-order valence-electron chi connectivity index (χ1n) is 6.94. The zero-order chi connectivity index (χ0) is 15.1. The molecule has 2 bridgehead atoms. The Labute approximate surface area is 126 Å². The molecule has 2 aliphatic rings. The lowest BCUT2D eigenvalue weighted by molar-refractivity contribution is -0.124. The fraction of sp³-hybridized carbons (Fsp3) is 0.615. The molecule has 8 heteroatoms. The molecule has 0 spiro atoms. The average Bonchev–Trinajstić information content (AvgIpc) is 2.96. The number of hydrogen-bond donors (Lipinski definition) is 3. The Hall–Kier alpha value is -1.47. The molecule has 0 aliphatic heterocycles. The number of amides is 1. The topological polar surface area (TPSA) is 107 Å². The van der Waals surface area contributed by atoms with Crippen molar-refractivity contribution in [3.05, 3.63) is 17.3 Å². The Balaban J connectivity index is 1.74. The standard InChI is InChI=1S/C13H17ClFN5O/c14-13-19-4-8(15)12(20-13)18-3-7-6-1-5(2-9(6)16)10(7)11(17)21/h4-7,9-10H,1-3,16H2,(H2,17,21)(H,18,19,20)/t5?,6-,7?,9?,10-/m0/s1. The average molecular weight is 314 g/mol. The van der Waals surface area contributed by atoms with Crippen LogP contribution in [0.25, 0.3) is 0 Å². The van der Waals surface area contributed by atoms with Gasteiger partial charge < -0.3 is 16.8 Å². The molecule has 114 valence electrons. The summed E-state index contributed by atoms with van der Waals surface area (Å²) in [5, 5.41) is 2.88. The van der Waals surface area contributed by atoms with E-state index in [1.54, 1.807) is 0 Å². The Morgan fingerprint density at radius 2 is 2.29 bits per heavy atom. The normalized spacial score (nSPS) is 34.1. The zero-order valence-corrected chi connectivity index (χ0v) is 12.1. The van der Waals surface area contributed by atoms with Gasteiger partial charge in [0.25, 0.3) is 0 Å². The number of anilines is 1. The molecular formula is C13H17ClFN5O. The highest BCUT2D eigenvalue weighted by atomic mass is 35.5. The van der Waals surface area contributed by atoms with Crippen molar-refractivity contribution in [2.75, 3.05) is 11.9 Å². The van der Waals surface area contributed by atoms with Gasteiger partial charge in [0.1, 0.15) is 0 Å². The van der Waals surface area contributed by atoms with Gasteiger partial charge in [-0.15, -0.1) is 0 Å². The van der Waals surface area contributed by atoms with E-state index >= 15 is 0 Å². The predicted molar refractivity (Wildman–Crippen MR) is 75.9 cm³/mol. The van der Waals surface area contributed by atoms with Gasteiger partial charge in [0.2, 0.25) is 11.2 Å². The third-order valence-electron chi connectivity index (χ3n) is 4.77. The molecule has 1 amide bonds. The number of carbonyl (C=O) groups excluding carboxylic acids is 1. The van der Waals surface area contributed by atoms with E-state index in [2.05, 4.69) is 15.3 Å². The van der Waals surface area contributed by atoms with Crippen LogP contribution in [0.2, 0.25) is 5.28 Å². The minimum Gasteiger partial charge on any atom is -0.369 e. The van der Waals surface area contributed by atoms with Gasteiger partial charge in [-0.25, -0.2) is 9.37 Å². The van der Waals surface area contributed by atoms with E-state index in [-0.39, 0.29) is 46.7 Å². The Morgan fingerprint density at radius 3 is 3.00 bits per heavy atom. The lowest BCUT2D eigenvalue weighted by Gasteiger charge is -2.32. The lowest BCUT2D eigenvalue weighted by Crippen LogP contribution is -2.44. The van der Waals surface area contributed by atoms with E-state index in [0.29, 0.717) is 6.54 Å². The van der Waals surface area contributed by atoms with Crippen molar-refractivity contribution in [2.45, 2.75) is 18.9 Å². The summed E-state index contributed by atoms with van der Waals surface area (Å²) in [6, 6.07) is 0.0798. The SMILES string of the molecule is NC(=O)[C@H]1C2CC(N)[C@@H](C2)C1CNc1nc(Cl)ncc1F.